The summed E-state index contributed by atoms with van der Waals surface area (Å²) in [7, 11) is 0. The van der Waals surface area contributed by atoms with Crippen molar-refractivity contribution in [1.29, 1.82) is 0 Å². The molecule has 1 aromatic rings. The van der Waals surface area contributed by atoms with Crippen LogP contribution in [0.5, 0.6) is 0 Å². The molecule has 22 heavy (non-hydrogen) atoms. The van der Waals surface area contributed by atoms with Crippen LogP contribution in [0.1, 0.15) is 30.4 Å². The van der Waals surface area contributed by atoms with Gasteiger partial charge in [-0.3, -0.25) is 4.79 Å². The predicted octanol–water partition coefficient (Wildman–Crippen LogP) is 2.59. The molecule has 120 valence electrons. The van der Waals surface area contributed by atoms with Gasteiger partial charge in [0.15, 0.2) is 6.17 Å². The summed E-state index contributed by atoms with van der Waals surface area (Å²) in [4.78, 5) is 24.6. The van der Waals surface area contributed by atoms with Gasteiger partial charge in [-0.05, 0) is 37.3 Å². The van der Waals surface area contributed by atoms with E-state index in [0.717, 1.165) is 0 Å². The molecule has 1 heterocycles. The highest BCUT2D eigenvalue weighted by molar-refractivity contribution is 5.77. The van der Waals surface area contributed by atoms with Crippen molar-refractivity contribution in [2.45, 2.75) is 38.8 Å². The summed E-state index contributed by atoms with van der Waals surface area (Å²) >= 11 is 0. The second-order valence-electron chi connectivity index (χ2n) is 5.88. The molecule has 5 heteroatoms. The Balaban J connectivity index is 1.80. The number of carboxylic acid groups (broad SMARTS) is 1. The first kappa shape index (κ1) is 16.5. The van der Waals surface area contributed by atoms with Crippen LogP contribution < -0.4 is 0 Å². The Morgan fingerprint density at radius 3 is 2.55 bits per heavy atom. The third-order valence-corrected chi connectivity index (χ3v) is 4.41. The standard InChI is InChI=1S/C17H22FNO3/c1-12-4-2-3-5-13(12)6-7-15(20)19-10-8-14(9-11-19)16(18)17(21)22/h2-5,14,16H,6-11H2,1H3,(H,21,22). The number of halogens is 1. The fourth-order valence-electron chi connectivity index (χ4n) is 2.93. The molecule has 1 aliphatic rings. The van der Waals surface area contributed by atoms with E-state index in [9.17, 15) is 14.0 Å². The SMILES string of the molecule is Cc1ccccc1CCC(=O)N1CCC(C(F)C(=O)O)CC1. The Bertz CT molecular complexity index is 538. The lowest BCUT2D eigenvalue weighted by molar-refractivity contribution is -0.146. The Morgan fingerprint density at radius 2 is 1.95 bits per heavy atom. The Morgan fingerprint density at radius 1 is 1.32 bits per heavy atom. The summed E-state index contributed by atoms with van der Waals surface area (Å²) < 4.78 is 13.5. The van der Waals surface area contributed by atoms with E-state index in [4.69, 9.17) is 5.11 Å². The van der Waals surface area contributed by atoms with Gasteiger partial charge in [0.05, 0.1) is 0 Å². The minimum absolute atomic E-state index is 0.0624. The van der Waals surface area contributed by atoms with E-state index in [1.807, 2.05) is 31.2 Å². The monoisotopic (exact) mass is 307 g/mol. The molecule has 4 nitrogen and oxygen atoms in total. The number of carboxylic acids is 1. The van der Waals surface area contributed by atoms with Crippen molar-refractivity contribution in [1.82, 2.24) is 4.90 Å². The van der Waals surface area contributed by atoms with Gasteiger partial charge in [0, 0.05) is 25.4 Å². The minimum Gasteiger partial charge on any atom is -0.479 e. The highest BCUT2D eigenvalue weighted by Crippen LogP contribution is 2.23. The Hall–Kier alpha value is -1.91. The molecule has 1 saturated heterocycles. The molecule has 0 aromatic heterocycles. The molecule has 1 fully saturated rings. The zero-order valence-corrected chi connectivity index (χ0v) is 12.8. The summed E-state index contributed by atoms with van der Waals surface area (Å²) in [6, 6.07) is 7.99. The fourth-order valence-corrected chi connectivity index (χ4v) is 2.93. The van der Waals surface area contributed by atoms with E-state index in [2.05, 4.69) is 0 Å². The molecule has 1 N–H and O–H groups in total. The first-order chi connectivity index (χ1) is 10.5. The number of piperidine rings is 1. The zero-order chi connectivity index (χ0) is 16.1. The van der Waals surface area contributed by atoms with Crippen LogP contribution in [0.4, 0.5) is 4.39 Å². The van der Waals surface area contributed by atoms with Gasteiger partial charge >= 0.3 is 5.97 Å². The molecule has 1 atom stereocenters. The molecule has 1 amide bonds. The van der Waals surface area contributed by atoms with Crippen LogP contribution in [-0.4, -0.2) is 41.1 Å². The molecule has 0 radical (unpaired) electrons. The molecule has 2 rings (SSSR count). The van der Waals surface area contributed by atoms with Crippen LogP contribution in [-0.2, 0) is 16.0 Å². The van der Waals surface area contributed by atoms with Crippen molar-refractivity contribution < 1.29 is 19.1 Å². The van der Waals surface area contributed by atoms with Crippen molar-refractivity contribution in [2.24, 2.45) is 5.92 Å². The van der Waals surface area contributed by atoms with Crippen LogP contribution in [0.25, 0.3) is 0 Å². The maximum atomic E-state index is 13.5. The van der Waals surface area contributed by atoms with E-state index in [1.165, 1.54) is 11.1 Å². The summed E-state index contributed by atoms with van der Waals surface area (Å²) in [6.45, 7) is 2.93. The quantitative estimate of drug-likeness (QED) is 0.909. The highest BCUT2D eigenvalue weighted by atomic mass is 19.1. The van der Waals surface area contributed by atoms with Gasteiger partial charge in [-0.15, -0.1) is 0 Å². The summed E-state index contributed by atoms with van der Waals surface area (Å²) in [6.07, 6.45) is 0.164. The number of nitrogens with zero attached hydrogens (tertiary/aromatic N) is 1. The van der Waals surface area contributed by atoms with Gasteiger partial charge in [0.2, 0.25) is 5.91 Å². The third kappa shape index (κ3) is 4.06. The fraction of sp³-hybridized carbons (Fsp3) is 0.529. The largest absolute Gasteiger partial charge is 0.479 e. The second kappa shape index (κ2) is 7.38. The van der Waals surface area contributed by atoms with Gasteiger partial charge in [-0.2, -0.15) is 0 Å². The molecule has 0 saturated carbocycles. The molecule has 1 aliphatic heterocycles. The lowest BCUT2D eigenvalue weighted by atomic mass is 9.92. The maximum absolute atomic E-state index is 13.5. The van der Waals surface area contributed by atoms with E-state index in [0.29, 0.717) is 38.8 Å². The number of benzene rings is 1. The highest BCUT2D eigenvalue weighted by Gasteiger charge is 2.32. The Kier molecular flexibility index (Phi) is 5.52. The summed E-state index contributed by atoms with van der Waals surface area (Å²) in [5, 5.41) is 8.69. The van der Waals surface area contributed by atoms with Gasteiger partial charge in [-0.25, -0.2) is 9.18 Å². The second-order valence-corrected chi connectivity index (χ2v) is 5.88. The van der Waals surface area contributed by atoms with E-state index in [-0.39, 0.29) is 5.91 Å². The van der Waals surface area contributed by atoms with Crippen molar-refractivity contribution in [3.05, 3.63) is 35.4 Å². The van der Waals surface area contributed by atoms with Crippen molar-refractivity contribution in [3.8, 4) is 0 Å². The van der Waals surface area contributed by atoms with Crippen LogP contribution in [0.15, 0.2) is 24.3 Å². The minimum atomic E-state index is -1.82. The predicted molar refractivity (Wildman–Crippen MR) is 81.3 cm³/mol. The number of rotatable bonds is 5. The van der Waals surface area contributed by atoms with Gasteiger partial charge < -0.3 is 10.0 Å². The number of amides is 1. The maximum Gasteiger partial charge on any atom is 0.338 e. The average Bonchev–Trinajstić information content (AvgIpc) is 2.53. The van der Waals surface area contributed by atoms with Crippen LogP contribution in [0.3, 0.4) is 0 Å². The average molecular weight is 307 g/mol. The molecule has 1 unspecified atom stereocenters. The first-order valence-electron chi connectivity index (χ1n) is 7.68. The molecule has 0 spiro atoms. The van der Waals surface area contributed by atoms with E-state index >= 15 is 0 Å². The van der Waals surface area contributed by atoms with Gasteiger partial charge in [0.1, 0.15) is 0 Å². The normalized spacial score (nSPS) is 17.3. The number of carbonyl (C=O) groups excluding carboxylic acids is 1. The van der Waals surface area contributed by atoms with Crippen molar-refractivity contribution in [2.75, 3.05) is 13.1 Å². The number of hydrogen-bond acceptors (Lipinski definition) is 2. The zero-order valence-electron chi connectivity index (χ0n) is 12.8. The van der Waals surface area contributed by atoms with Crippen LogP contribution >= 0.6 is 0 Å². The Labute approximate surface area is 129 Å². The molecule has 1 aromatic carbocycles. The summed E-state index contributed by atoms with van der Waals surface area (Å²) in [5.41, 5.74) is 2.34. The van der Waals surface area contributed by atoms with E-state index in [1.54, 1.807) is 4.90 Å². The van der Waals surface area contributed by atoms with E-state index < -0.39 is 18.1 Å². The lowest BCUT2D eigenvalue weighted by Gasteiger charge is -2.32. The van der Waals surface area contributed by atoms with Crippen molar-refractivity contribution >= 4 is 11.9 Å². The molecular formula is C17H22FNO3. The number of aliphatic carboxylic acids is 1. The number of likely N-dealkylation sites (tertiary alicyclic amines) is 1. The van der Waals surface area contributed by atoms with Gasteiger partial charge in [-0.1, -0.05) is 24.3 Å². The molecule has 0 aliphatic carbocycles. The summed E-state index contributed by atoms with van der Waals surface area (Å²) in [5.74, 6) is -1.81. The van der Waals surface area contributed by atoms with Crippen LogP contribution in [0.2, 0.25) is 0 Å². The van der Waals surface area contributed by atoms with Crippen LogP contribution in [0, 0.1) is 12.8 Å². The number of hydrogen-bond donors (Lipinski definition) is 1. The third-order valence-electron chi connectivity index (χ3n) is 4.41. The van der Waals surface area contributed by atoms with Gasteiger partial charge in [0.25, 0.3) is 0 Å². The smallest absolute Gasteiger partial charge is 0.338 e. The number of carbonyl (C=O) groups is 2. The number of aryl methyl sites for hydroxylation is 2. The lowest BCUT2D eigenvalue weighted by Crippen LogP contribution is -2.42. The number of alkyl halides is 1. The first-order valence-corrected chi connectivity index (χ1v) is 7.68. The van der Waals surface area contributed by atoms with Crippen molar-refractivity contribution in [3.63, 3.8) is 0 Å². The topological polar surface area (TPSA) is 57.6 Å². The molecular weight excluding hydrogens is 285 g/mol. The molecule has 0 bridgehead atoms.